The van der Waals surface area contributed by atoms with Crippen LogP contribution in [0.15, 0.2) is 0 Å². The number of nitrogens with one attached hydrogen (secondary N) is 1. The SMILES string of the molecule is CCCCCCNC[C@@H](C)C1CC2(C1)CN(CC(CCC)CCCC)C2. The van der Waals surface area contributed by atoms with E-state index >= 15 is 0 Å². The van der Waals surface area contributed by atoms with Crippen molar-refractivity contribution >= 4 is 0 Å². The minimum atomic E-state index is 0.738. The quantitative estimate of drug-likeness (QED) is 0.353. The van der Waals surface area contributed by atoms with Crippen LogP contribution in [0.1, 0.15) is 98.3 Å². The second-order valence-corrected chi connectivity index (χ2v) is 9.88. The fourth-order valence-corrected chi connectivity index (χ4v) is 5.51. The van der Waals surface area contributed by atoms with Crippen LogP contribution in [-0.2, 0) is 0 Å². The lowest BCUT2D eigenvalue weighted by Gasteiger charge is -2.61. The molecule has 2 rings (SSSR count). The molecule has 0 bridgehead atoms. The van der Waals surface area contributed by atoms with E-state index in [0.29, 0.717) is 0 Å². The zero-order valence-corrected chi connectivity index (χ0v) is 18.5. The molecule has 154 valence electrons. The Kier molecular flexibility index (Phi) is 9.99. The highest BCUT2D eigenvalue weighted by atomic mass is 15.2. The van der Waals surface area contributed by atoms with Crippen LogP contribution in [0.25, 0.3) is 0 Å². The summed E-state index contributed by atoms with van der Waals surface area (Å²) in [4.78, 5) is 2.78. The van der Waals surface area contributed by atoms with Crippen molar-refractivity contribution < 1.29 is 0 Å². The first-order valence-electron chi connectivity index (χ1n) is 12.1. The van der Waals surface area contributed by atoms with Crippen LogP contribution in [0.4, 0.5) is 0 Å². The number of rotatable bonds is 15. The van der Waals surface area contributed by atoms with Crippen molar-refractivity contribution in [3.05, 3.63) is 0 Å². The van der Waals surface area contributed by atoms with Gasteiger partial charge in [0.1, 0.15) is 0 Å². The van der Waals surface area contributed by atoms with Gasteiger partial charge >= 0.3 is 0 Å². The van der Waals surface area contributed by atoms with Crippen LogP contribution in [-0.4, -0.2) is 37.6 Å². The summed E-state index contributed by atoms with van der Waals surface area (Å²) >= 11 is 0. The molecule has 1 saturated carbocycles. The molecule has 1 aliphatic heterocycles. The van der Waals surface area contributed by atoms with Crippen LogP contribution >= 0.6 is 0 Å². The number of hydrogen-bond acceptors (Lipinski definition) is 2. The van der Waals surface area contributed by atoms with E-state index in [1.165, 1.54) is 103 Å². The summed E-state index contributed by atoms with van der Waals surface area (Å²) in [5, 5.41) is 3.71. The van der Waals surface area contributed by atoms with Crippen LogP contribution < -0.4 is 5.32 Å². The molecule has 2 heteroatoms. The molecule has 0 amide bonds. The van der Waals surface area contributed by atoms with Gasteiger partial charge < -0.3 is 10.2 Å². The van der Waals surface area contributed by atoms with Crippen molar-refractivity contribution in [1.29, 1.82) is 0 Å². The summed E-state index contributed by atoms with van der Waals surface area (Å²) in [7, 11) is 0. The van der Waals surface area contributed by atoms with E-state index < -0.39 is 0 Å². The molecule has 2 fully saturated rings. The molecule has 1 aliphatic carbocycles. The highest BCUT2D eigenvalue weighted by Crippen LogP contribution is 2.54. The van der Waals surface area contributed by atoms with Gasteiger partial charge in [0.25, 0.3) is 0 Å². The first-order chi connectivity index (χ1) is 12.6. The summed E-state index contributed by atoms with van der Waals surface area (Å²) in [6, 6.07) is 0. The molecule has 1 heterocycles. The standard InChI is InChI=1S/C24H48N2/c1-5-8-10-11-14-25-17-21(4)23-15-24(16-23)19-26(20-24)18-22(12-7-3)13-9-6-2/h21-23,25H,5-20H2,1-4H3/t21-,22?/m1/s1. The summed E-state index contributed by atoms with van der Waals surface area (Å²) in [6.45, 7) is 16.1. The average Bonchev–Trinajstić information content (AvgIpc) is 2.56. The molecule has 2 nitrogen and oxygen atoms in total. The molecule has 2 atom stereocenters. The van der Waals surface area contributed by atoms with E-state index in [4.69, 9.17) is 0 Å². The first-order valence-corrected chi connectivity index (χ1v) is 12.1. The van der Waals surface area contributed by atoms with Gasteiger partial charge in [0.05, 0.1) is 0 Å². The van der Waals surface area contributed by atoms with Gasteiger partial charge in [0.2, 0.25) is 0 Å². The minimum Gasteiger partial charge on any atom is -0.316 e. The topological polar surface area (TPSA) is 15.3 Å². The lowest BCUT2D eigenvalue weighted by Crippen LogP contribution is -2.63. The van der Waals surface area contributed by atoms with Gasteiger partial charge in [-0.3, -0.25) is 0 Å². The number of hydrogen-bond donors (Lipinski definition) is 1. The van der Waals surface area contributed by atoms with E-state index in [0.717, 1.165) is 23.2 Å². The second-order valence-electron chi connectivity index (χ2n) is 9.88. The summed E-state index contributed by atoms with van der Waals surface area (Å²) in [5.41, 5.74) is 0.738. The summed E-state index contributed by atoms with van der Waals surface area (Å²) < 4.78 is 0. The Morgan fingerprint density at radius 3 is 2.31 bits per heavy atom. The van der Waals surface area contributed by atoms with Gasteiger partial charge in [-0.1, -0.05) is 66.2 Å². The summed E-state index contributed by atoms with van der Waals surface area (Å²) in [5.74, 6) is 2.83. The van der Waals surface area contributed by atoms with Crippen molar-refractivity contribution in [2.75, 3.05) is 32.7 Å². The van der Waals surface area contributed by atoms with E-state index in [-0.39, 0.29) is 0 Å². The number of likely N-dealkylation sites (tertiary alicyclic amines) is 1. The van der Waals surface area contributed by atoms with Crippen molar-refractivity contribution in [3.63, 3.8) is 0 Å². The Morgan fingerprint density at radius 1 is 0.923 bits per heavy atom. The van der Waals surface area contributed by atoms with Crippen molar-refractivity contribution in [1.82, 2.24) is 10.2 Å². The predicted octanol–water partition coefficient (Wildman–Crippen LogP) is 6.11. The maximum atomic E-state index is 3.71. The van der Waals surface area contributed by atoms with Crippen molar-refractivity contribution in [2.24, 2.45) is 23.2 Å². The fourth-order valence-electron chi connectivity index (χ4n) is 5.51. The van der Waals surface area contributed by atoms with Crippen molar-refractivity contribution in [3.8, 4) is 0 Å². The Morgan fingerprint density at radius 2 is 1.65 bits per heavy atom. The lowest BCUT2D eigenvalue weighted by atomic mass is 9.55. The van der Waals surface area contributed by atoms with Gasteiger partial charge in [-0.15, -0.1) is 0 Å². The molecule has 0 radical (unpaired) electrons. The van der Waals surface area contributed by atoms with Crippen LogP contribution in [0.2, 0.25) is 0 Å². The molecule has 2 aliphatic rings. The highest BCUT2D eigenvalue weighted by Gasteiger charge is 2.52. The zero-order chi connectivity index (χ0) is 18.8. The van der Waals surface area contributed by atoms with Crippen LogP contribution in [0, 0.1) is 23.2 Å². The zero-order valence-electron chi connectivity index (χ0n) is 18.5. The Balaban J connectivity index is 1.54. The molecule has 26 heavy (non-hydrogen) atoms. The lowest BCUT2D eigenvalue weighted by molar-refractivity contribution is -0.112. The maximum Gasteiger partial charge on any atom is 0.00508 e. The van der Waals surface area contributed by atoms with Gasteiger partial charge in [-0.2, -0.15) is 0 Å². The molecule has 1 unspecified atom stereocenters. The summed E-state index contributed by atoms with van der Waals surface area (Å²) in [6.07, 6.45) is 15.6. The highest BCUT2D eigenvalue weighted by molar-refractivity contribution is 5.05. The fraction of sp³-hybridized carbons (Fsp3) is 1.00. The van der Waals surface area contributed by atoms with Crippen LogP contribution in [0.3, 0.4) is 0 Å². The van der Waals surface area contributed by atoms with Gasteiger partial charge in [0.15, 0.2) is 0 Å². The molecule has 1 N–H and O–H groups in total. The molecule has 0 aromatic heterocycles. The van der Waals surface area contributed by atoms with Crippen LogP contribution in [0.5, 0.6) is 0 Å². The van der Waals surface area contributed by atoms with E-state index in [9.17, 15) is 0 Å². The number of unbranched alkanes of at least 4 members (excludes halogenated alkanes) is 4. The normalized spacial score (nSPS) is 22.2. The third kappa shape index (κ3) is 6.82. The monoisotopic (exact) mass is 364 g/mol. The average molecular weight is 365 g/mol. The van der Waals surface area contributed by atoms with Gasteiger partial charge in [0, 0.05) is 19.6 Å². The molecule has 0 aromatic rings. The molecule has 0 aromatic carbocycles. The van der Waals surface area contributed by atoms with Crippen molar-refractivity contribution in [2.45, 2.75) is 98.3 Å². The maximum absolute atomic E-state index is 3.71. The molecule has 1 saturated heterocycles. The largest absolute Gasteiger partial charge is 0.316 e. The third-order valence-electron chi connectivity index (χ3n) is 7.17. The molecular weight excluding hydrogens is 316 g/mol. The van der Waals surface area contributed by atoms with E-state index in [1.54, 1.807) is 0 Å². The molecule has 1 spiro atoms. The minimum absolute atomic E-state index is 0.738. The predicted molar refractivity (Wildman–Crippen MR) is 116 cm³/mol. The Labute approximate surface area is 164 Å². The van der Waals surface area contributed by atoms with Gasteiger partial charge in [-0.05, 0) is 68.4 Å². The first kappa shape index (κ1) is 22.2. The number of nitrogens with zero attached hydrogens (tertiary/aromatic N) is 1. The smallest absolute Gasteiger partial charge is 0.00508 e. The Bertz CT molecular complexity index is 353. The third-order valence-corrected chi connectivity index (χ3v) is 7.17. The second kappa shape index (κ2) is 11.7. The Hall–Kier alpha value is -0.0800. The van der Waals surface area contributed by atoms with Gasteiger partial charge in [-0.25, -0.2) is 0 Å². The van der Waals surface area contributed by atoms with E-state index in [2.05, 4.69) is 37.9 Å². The van der Waals surface area contributed by atoms with E-state index in [1.807, 2.05) is 0 Å². The molecular formula is C24H48N2.